The molecule has 5 heteroatoms. The number of hydrogen-bond acceptors (Lipinski definition) is 5. The Labute approximate surface area is 61.1 Å². The molecule has 0 aromatic rings. The standard InChI is InChI=1S/4CH3N.CH2O/c5*1-2/h4*2H,1H2;1H2. The van der Waals surface area contributed by atoms with E-state index in [-0.39, 0.29) is 0 Å². The fraction of sp³-hybridized carbons (Fsp3) is 0. The van der Waals surface area contributed by atoms with E-state index in [0.29, 0.717) is 0 Å². The lowest BCUT2D eigenvalue weighted by atomic mass is 11.8. The molecule has 0 amide bonds. The molecule has 0 heterocycles. The smallest absolute Gasteiger partial charge is 0.106 e. The van der Waals surface area contributed by atoms with Crippen LogP contribution in [0, 0.1) is 21.6 Å². The highest BCUT2D eigenvalue weighted by Crippen LogP contribution is 0.639. The lowest BCUT2D eigenvalue weighted by molar-refractivity contribution is -0.0979. The third-order valence-corrected chi connectivity index (χ3v) is 0. The van der Waals surface area contributed by atoms with Gasteiger partial charge in [0, 0.05) is 0 Å². The molecule has 5 nitrogen and oxygen atoms in total. The van der Waals surface area contributed by atoms with Crippen LogP contribution in [0.2, 0.25) is 0 Å². The molecule has 0 atom stereocenters. The van der Waals surface area contributed by atoms with Crippen LogP contribution in [0.5, 0.6) is 0 Å². The number of carbonyl (C=O) groups is 1. The van der Waals surface area contributed by atoms with Crippen LogP contribution in [-0.2, 0) is 4.79 Å². The predicted octanol–water partition coefficient (Wildman–Crippen LogP) is 0.878. The molecular formula is C5H14N4O. The highest BCUT2D eigenvalue weighted by molar-refractivity contribution is 5.16. The molecule has 0 bridgehead atoms. The summed E-state index contributed by atoms with van der Waals surface area (Å²) >= 11 is 0. The first-order valence-corrected chi connectivity index (χ1v) is 1.70. The highest BCUT2D eigenvalue weighted by atomic mass is 16.1. The maximum Gasteiger partial charge on any atom is 0.106 e. The number of hydrogen-bond donors (Lipinski definition) is 4. The van der Waals surface area contributed by atoms with Gasteiger partial charge in [-0.15, -0.1) is 0 Å². The van der Waals surface area contributed by atoms with E-state index >= 15 is 0 Å². The van der Waals surface area contributed by atoms with Crippen LogP contribution in [0.1, 0.15) is 0 Å². The van der Waals surface area contributed by atoms with E-state index < -0.39 is 0 Å². The Morgan fingerprint density at radius 1 is 0.500 bits per heavy atom. The van der Waals surface area contributed by atoms with Gasteiger partial charge < -0.3 is 26.4 Å². The van der Waals surface area contributed by atoms with E-state index in [1.807, 2.05) is 6.79 Å². The third kappa shape index (κ3) is 66.8. The molecular weight excluding hydrogens is 132 g/mol. The van der Waals surface area contributed by atoms with Crippen molar-refractivity contribution < 1.29 is 4.79 Å². The van der Waals surface area contributed by atoms with Crippen molar-refractivity contribution in [2.24, 2.45) is 0 Å². The van der Waals surface area contributed by atoms with Crippen LogP contribution in [-0.4, -0.2) is 33.7 Å². The van der Waals surface area contributed by atoms with Gasteiger partial charge in [-0.1, -0.05) is 0 Å². The summed E-state index contributed by atoms with van der Waals surface area (Å²) in [6, 6.07) is 0. The summed E-state index contributed by atoms with van der Waals surface area (Å²) in [5.74, 6) is 0. The minimum absolute atomic E-state index is 2.00. The Kier molecular flexibility index (Phi) is 438. The van der Waals surface area contributed by atoms with Crippen LogP contribution in [0.3, 0.4) is 0 Å². The molecule has 0 aromatic heterocycles. The second-order valence-corrected chi connectivity index (χ2v) is 0. The summed E-state index contributed by atoms with van der Waals surface area (Å²) in [7, 11) is 0. The van der Waals surface area contributed by atoms with Crippen molar-refractivity contribution >= 4 is 33.7 Å². The Hall–Kier alpha value is -1.65. The molecule has 0 radical (unpaired) electrons. The van der Waals surface area contributed by atoms with E-state index in [4.69, 9.17) is 26.4 Å². The van der Waals surface area contributed by atoms with Crippen LogP contribution in [0.15, 0.2) is 0 Å². The lowest BCUT2D eigenvalue weighted by Crippen LogP contribution is -0.925. The summed E-state index contributed by atoms with van der Waals surface area (Å²) in [4.78, 5) is 8.00. The summed E-state index contributed by atoms with van der Waals surface area (Å²) in [6.45, 7) is 12.0. The van der Waals surface area contributed by atoms with Gasteiger partial charge in [0.05, 0.1) is 0 Å². The Balaban J connectivity index is -0.0000000104. The molecule has 0 saturated carbocycles. The first-order chi connectivity index (χ1) is 5.00. The van der Waals surface area contributed by atoms with Crippen LogP contribution < -0.4 is 0 Å². The van der Waals surface area contributed by atoms with Crippen LogP contribution >= 0.6 is 0 Å². The molecule has 10 heavy (non-hydrogen) atoms. The molecule has 0 fully saturated rings. The fourth-order valence-corrected chi connectivity index (χ4v) is 0. The average Bonchev–Trinajstić information content (AvgIpc) is 2.20. The van der Waals surface area contributed by atoms with Crippen molar-refractivity contribution in [2.75, 3.05) is 0 Å². The van der Waals surface area contributed by atoms with E-state index in [1.54, 1.807) is 0 Å². The predicted molar refractivity (Wildman–Crippen MR) is 46.5 cm³/mol. The molecule has 0 aliphatic heterocycles. The lowest BCUT2D eigenvalue weighted by Gasteiger charge is -0.890. The second kappa shape index (κ2) is 109. The molecule has 0 unspecified atom stereocenters. The summed E-state index contributed by atoms with van der Waals surface area (Å²) < 4.78 is 0. The van der Waals surface area contributed by atoms with Gasteiger partial charge in [0.15, 0.2) is 0 Å². The fourth-order valence-electron chi connectivity index (χ4n) is 0. The topological polar surface area (TPSA) is 112 Å². The van der Waals surface area contributed by atoms with Crippen LogP contribution in [0.4, 0.5) is 0 Å². The zero-order valence-corrected chi connectivity index (χ0v) is 5.94. The Bertz CT molecular complexity index is 25.2. The maximum atomic E-state index is 8.00. The molecule has 0 aliphatic rings. The van der Waals surface area contributed by atoms with Crippen molar-refractivity contribution in [3.05, 3.63) is 0 Å². The van der Waals surface area contributed by atoms with Gasteiger partial charge in [-0.3, -0.25) is 0 Å². The number of carbonyl (C=O) groups excluding carboxylic acids is 1. The third-order valence-electron chi connectivity index (χ3n) is 0. The second-order valence-electron chi connectivity index (χ2n) is 0. The first-order valence-electron chi connectivity index (χ1n) is 1.70. The van der Waals surface area contributed by atoms with Crippen molar-refractivity contribution in [1.82, 2.24) is 0 Å². The number of rotatable bonds is 0. The van der Waals surface area contributed by atoms with Gasteiger partial charge in [0.2, 0.25) is 0 Å². The van der Waals surface area contributed by atoms with E-state index in [2.05, 4.69) is 26.9 Å². The Morgan fingerprint density at radius 2 is 0.500 bits per heavy atom. The highest BCUT2D eigenvalue weighted by Gasteiger charge is 0.637. The maximum absolute atomic E-state index is 8.00. The van der Waals surface area contributed by atoms with Crippen molar-refractivity contribution in [3.63, 3.8) is 0 Å². The Morgan fingerprint density at radius 3 is 0.500 bits per heavy atom. The molecule has 0 spiro atoms. The van der Waals surface area contributed by atoms with Gasteiger partial charge in [0.1, 0.15) is 6.79 Å². The summed E-state index contributed by atoms with van der Waals surface area (Å²) in [5.41, 5.74) is 0. The minimum atomic E-state index is 2.00. The summed E-state index contributed by atoms with van der Waals surface area (Å²) in [6.07, 6.45) is 0. The van der Waals surface area contributed by atoms with Crippen molar-refractivity contribution in [2.45, 2.75) is 0 Å². The SMILES string of the molecule is C=N.C=N.C=N.C=N.C=O. The van der Waals surface area contributed by atoms with Crippen molar-refractivity contribution in [3.8, 4) is 0 Å². The average molecular weight is 146 g/mol. The zero-order valence-electron chi connectivity index (χ0n) is 5.94. The zero-order chi connectivity index (χ0) is 10.0. The molecule has 0 rings (SSSR count). The minimum Gasteiger partial charge on any atom is -0.317 e. The van der Waals surface area contributed by atoms with Gasteiger partial charge in [-0.2, -0.15) is 0 Å². The molecule has 0 aromatic carbocycles. The van der Waals surface area contributed by atoms with Gasteiger partial charge in [0.25, 0.3) is 0 Å². The molecule has 4 N–H and O–H groups in total. The van der Waals surface area contributed by atoms with E-state index in [9.17, 15) is 0 Å². The summed E-state index contributed by atoms with van der Waals surface area (Å²) in [5, 5.41) is 22.0. The number of nitrogens with one attached hydrogen (secondary N) is 4. The quantitative estimate of drug-likeness (QED) is 0.373. The molecule has 0 aliphatic carbocycles. The van der Waals surface area contributed by atoms with Gasteiger partial charge in [-0.05, 0) is 26.9 Å². The van der Waals surface area contributed by atoms with E-state index in [1.165, 1.54) is 0 Å². The monoisotopic (exact) mass is 146 g/mol. The largest absolute Gasteiger partial charge is 0.317 e. The van der Waals surface area contributed by atoms with Crippen molar-refractivity contribution in [1.29, 1.82) is 21.6 Å². The van der Waals surface area contributed by atoms with E-state index in [0.717, 1.165) is 0 Å². The van der Waals surface area contributed by atoms with Gasteiger partial charge >= 0.3 is 0 Å². The first kappa shape index (κ1) is 40.2. The normalized spacial score (nSPS) is 2.00. The van der Waals surface area contributed by atoms with Gasteiger partial charge in [-0.25, -0.2) is 0 Å². The van der Waals surface area contributed by atoms with Crippen LogP contribution in [0.25, 0.3) is 0 Å². The molecule has 60 valence electrons. The molecule has 0 saturated heterocycles.